The zero-order valence-corrected chi connectivity index (χ0v) is 19.5. The SMILES string of the molecule is CC1(C)CC(=O)C2=C(C1)N(NC(=O)c1ccncc1)C(N)=C(C#N)C2c1ccc(Cl)c(Cl)c1. The summed E-state index contributed by atoms with van der Waals surface area (Å²) >= 11 is 12.3. The summed E-state index contributed by atoms with van der Waals surface area (Å²) < 4.78 is 0. The van der Waals surface area contributed by atoms with Gasteiger partial charge >= 0.3 is 0 Å². The number of rotatable bonds is 3. The number of Topliss-reactive ketones (excluding diaryl/α,β-unsaturated/α-hetero) is 1. The number of halogens is 2. The molecule has 9 heteroatoms. The Kier molecular flexibility index (Phi) is 5.91. The van der Waals surface area contributed by atoms with Gasteiger partial charge in [0.15, 0.2) is 5.78 Å². The van der Waals surface area contributed by atoms with E-state index in [-0.39, 0.29) is 22.6 Å². The Morgan fingerprint density at radius 1 is 1.21 bits per heavy atom. The number of nitrogens with zero attached hydrogens (tertiary/aromatic N) is 3. The number of allylic oxidation sites excluding steroid dienone is 3. The Bertz CT molecular complexity index is 1260. The fourth-order valence-electron chi connectivity index (χ4n) is 4.33. The van der Waals surface area contributed by atoms with E-state index >= 15 is 0 Å². The number of nitrogens with one attached hydrogen (secondary N) is 1. The van der Waals surface area contributed by atoms with Crippen molar-refractivity contribution in [1.82, 2.24) is 15.4 Å². The first-order valence-corrected chi connectivity index (χ1v) is 11.0. The zero-order valence-electron chi connectivity index (χ0n) is 18.0. The molecule has 2 heterocycles. The molecule has 0 bridgehead atoms. The van der Waals surface area contributed by atoms with Gasteiger partial charge in [-0.2, -0.15) is 5.26 Å². The number of hydrogen-bond donors (Lipinski definition) is 2. The van der Waals surface area contributed by atoms with Crippen LogP contribution in [0, 0.1) is 16.7 Å². The number of pyridine rings is 1. The first-order valence-electron chi connectivity index (χ1n) is 10.2. The number of hydrazine groups is 1. The molecule has 3 N–H and O–H groups in total. The number of amides is 1. The molecule has 1 aliphatic carbocycles. The van der Waals surface area contributed by atoms with Gasteiger partial charge in [0.05, 0.1) is 33.3 Å². The van der Waals surface area contributed by atoms with Crippen molar-refractivity contribution in [2.45, 2.75) is 32.6 Å². The highest BCUT2D eigenvalue weighted by Gasteiger charge is 2.45. The largest absolute Gasteiger partial charge is 0.383 e. The third-order valence-corrected chi connectivity index (χ3v) is 6.55. The Labute approximate surface area is 201 Å². The number of ketones is 1. The van der Waals surface area contributed by atoms with Crippen molar-refractivity contribution in [1.29, 1.82) is 5.26 Å². The maximum absolute atomic E-state index is 13.4. The standard InChI is InChI=1S/C24H21Cl2N5O2/c1-24(2)10-18-21(19(32)11-24)20(14-3-4-16(25)17(26)9-14)15(12-27)22(28)31(18)30-23(33)13-5-7-29-8-6-13/h3-9,20H,10-11,28H2,1-2H3,(H,30,33). The molecule has 0 saturated carbocycles. The van der Waals surface area contributed by atoms with E-state index in [1.165, 1.54) is 17.4 Å². The average molecular weight is 482 g/mol. The molecule has 1 aliphatic heterocycles. The van der Waals surface area contributed by atoms with Gasteiger partial charge in [-0.05, 0) is 41.7 Å². The smallest absolute Gasteiger partial charge is 0.270 e. The van der Waals surface area contributed by atoms with Crippen molar-refractivity contribution in [3.8, 4) is 6.07 Å². The fourth-order valence-corrected chi connectivity index (χ4v) is 4.64. The highest BCUT2D eigenvalue weighted by molar-refractivity contribution is 6.42. The first kappa shape index (κ1) is 22.8. The minimum absolute atomic E-state index is 0.0558. The lowest BCUT2D eigenvalue weighted by molar-refractivity contribution is -0.118. The zero-order chi connectivity index (χ0) is 23.9. The lowest BCUT2D eigenvalue weighted by atomic mass is 9.69. The minimum Gasteiger partial charge on any atom is -0.383 e. The molecule has 168 valence electrons. The molecule has 1 unspecified atom stereocenters. The van der Waals surface area contributed by atoms with Gasteiger partial charge < -0.3 is 5.73 Å². The van der Waals surface area contributed by atoms with Crippen LogP contribution in [0.3, 0.4) is 0 Å². The van der Waals surface area contributed by atoms with Crippen molar-refractivity contribution < 1.29 is 9.59 Å². The van der Waals surface area contributed by atoms with Gasteiger partial charge in [-0.1, -0.05) is 43.1 Å². The van der Waals surface area contributed by atoms with Crippen LogP contribution in [0.25, 0.3) is 0 Å². The molecule has 7 nitrogen and oxygen atoms in total. The van der Waals surface area contributed by atoms with E-state index in [2.05, 4.69) is 16.5 Å². The van der Waals surface area contributed by atoms with Crippen LogP contribution in [-0.4, -0.2) is 21.7 Å². The molecule has 0 spiro atoms. The average Bonchev–Trinajstić information content (AvgIpc) is 2.77. The monoisotopic (exact) mass is 481 g/mol. The van der Waals surface area contributed by atoms with Gasteiger partial charge in [0.1, 0.15) is 5.82 Å². The molecule has 0 saturated heterocycles. The molecule has 2 aromatic rings. The number of hydrogen-bond acceptors (Lipinski definition) is 6. The van der Waals surface area contributed by atoms with Crippen LogP contribution in [0.5, 0.6) is 0 Å². The van der Waals surface area contributed by atoms with E-state index in [1.807, 2.05) is 13.8 Å². The second kappa shape index (κ2) is 8.54. The Balaban J connectivity index is 1.88. The van der Waals surface area contributed by atoms with Crippen molar-refractivity contribution in [3.63, 3.8) is 0 Å². The maximum Gasteiger partial charge on any atom is 0.270 e. The molecule has 1 atom stereocenters. The predicted octanol–water partition coefficient (Wildman–Crippen LogP) is 4.47. The lowest BCUT2D eigenvalue weighted by Gasteiger charge is -2.43. The molecule has 0 fully saturated rings. The Morgan fingerprint density at radius 3 is 2.55 bits per heavy atom. The van der Waals surface area contributed by atoms with Crippen LogP contribution < -0.4 is 11.2 Å². The Morgan fingerprint density at radius 2 is 1.91 bits per heavy atom. The van der Waals surface area contributed by atoms with Gasteiger partial charge in [-0.25, -0.2) is 5.01 Å². The molecular formula is C24H21Cl2N5O2. The van der Waals surface area contributed by atoms with Gasteiger partial charge in [0.2, 0.25) is 0 Å². The minimum atomic E-state index is -0.711. The summed E-state index contributed by atoms with van der Waals surface area (Å²) in [6, 6.07) is 10.3. The summed E-state index contributed by atoms with van der Waals surface area (Å²) in [5.74, 6) is -1.20. The molecule has 1 aromatic heterocycles. The molecule has 1 amide bonds. The number of nitriles is 1. The third-order valence-electron chi connectivity index (χ3n) is 5.81. The Hall–Kier alpha value is -3.34. The van der Waals surface area contributed by atoms with Gasteiger partial charge in [-0.15, -0.1) is 0 Å². The topological polar surface area (TPSA) is 112 Å². The van der Waals surface area contributed by atoms with Gasteiger partial charge in [-0.3, -0.25) is 20.0 Å². The second-order valence-electron chi connectivity index (χ2n) is 8.83. The molecule has 2 aliphatic rings. The normalized spacial score (nSPS) is 19.8. The number of benzene rings is 1. The number of carbonyl (C=O) groups excluding carboxylic acids is 2. The van der Waals surface area contributed by atoms with Crippen molar-refractivity contribution in [2.75, 3.05) is 0 Å². The summed E-state index contributed by atoms with van der Waals surface area (Å²) in [4.78, 5) is 30.3. The first-order chi connectivity index (χ1) is 15.6. The van der Waals surface area contributed by atoms with Crippen LogP contribution in [0.4, 0.5) is 0 Å². The number of carbonyl (C=O) groups is 2. The van der Waals surface area contributed by atoms with E-state index in [4.69, 9.17) is 28.9 Å². The number of aromatic nitrogens is 1. The van der Waals surface area contributed by atoms with E-state index in [9.17, 15) is 14.9 Å². The predicted molar refractivity (Wildman–Crippen MR) is 125 cm³/mol. The van der Waals surface area contributed by atoms with Crippen molar-refractivity contribution in [2.24, 2.45) is 11.1 Å². The van der Waals surface area contributed by atoms with E-state index in [1.54, 1.807) is 30.3 Å². The maximum atomic E-state index is 13.4. The summed E-state index contributed by atoms with van der Waals surface area (Å²) in [7, 11) is 0. The van der Waals surface area contributed by atoms with Crippen molar-refractivity contribution in [3.05, 3.63) is 86.6 Å². The van der Waals surface area contributed by atoms with Gasteiger partial charge in [0, 0.05) is 30.0 Å². The summed E-state index contributed by atoms with van der Waals surface area (Å²) in [5.41, 5.74) is 11.0. The van der Waals surface area contributed by atoms with E-state index < -0.39 is 11.8 Å². The van der Waals surface area contributed by atoms with E-state index in [0.717, 1.165) is 0 Å². The molecule has 1 aromatic carbocycles. The fraction of sp³-hybridized carbons (Fsp3) is 0.250. The van der Waals surface area contributed by atoms with Gasteiger partial charge in [0.25, 0.3) is 5.91 Å². The van der Waals surface area contributed by atoms with Crippen LogP contribution in [0.15, 0.2) is 65.4 Å². The molecular weight excluding hydrogens is 461 g/mol. The molecule has 4 rings (SSSR count). The number of nitrogens with two attached hydrogens (primary N) is 1. The highest BCUT2D eigenvalue weighted by Crippen LogP contribution is 2.49. The highest BCUT2D eigenvalue weighted by atomic mass is 35.5. The van der Waals surface area contributed by atoms with E-state index in [0.29, 0.717) is 45.3 Å². The molecule has 0 radical (unpaired) electrons. The second-order valence-corrected chi connectivity index (χ2v) is 9.65. The molecule has 33 heavy (non-hydrogen) atoms. The van der Waals surface area contributed by atoms with Crippen LogP contribution in [-0.2, 0) is 4.79 Å². The lowest BCUT2D eigenvalue weighted by Crippen LogP contribution is -2.49. The van der Waals surface area contributed by atoms with Crippen LogP contribution in [0.1, 0.15) is 48.5 Å². The third kappa shape index (κ3) is 4.20. The summed E-state index contributed by atoms with van der Waals surface area (Å²) in [5, 5.41) is 12.1. The quantitative estimate of drug-likeness (QED) is 0.668. The summed E-state index contributed by atoms with van der Waals surface area (Å²) in [6.45, 7) is 3.96. The summed E-state index contributed by atoms with van der Waals surface area (Å²) in [6.07, 6.45) is 3.78. The van der Waals surface area contributed by atoms with Crippen molar-refractivity contribution >= 4 is 34.9 Å². The van der Waals surface area contributed by atoms with Crippen LogP contribution >= 0.6 is 23.2 Å². The van der Waals surface area contributed by atoms with Crippen LogP contribution in [0.2, 0.25) is 10.0 Å².